The van der Waals surface area contributed by atoms with Crippen molar-refractivity contribution in [1.82, 2.24) is 9.88 Å². The van der Waals surface area contributed by atoms with Crippen LogP contribution in [0.25, 0.3) is 0 Å². The summed E-state index contributed by atoms with van der Waals surface area (Å²) in [6, 6.07) is 14.7. The van der Waals surface area contributed by atoms with E-state index in [1.54, 1.807) is 0 Å². The minimum Gasteiger partial charge on any atom is -0.379 e. The molecule has 1 aromatic carbocycles. The third-order valence-electron chi connectivity index (χ3n) is 3.78. The zero-order valence-electron chi connectivity index (χ0n) is 12.1. The Balaban J connectivity index is 1.60. The topological polar surface area (TPSA) is 28.2 Å². The van der Waals surface area contributed by atoms with Gasteiger partial charge in [0.15, 0.2) is 0 Å². The molecule has 2 heterocycles. The van der Waals surface area contributed by atoms with E-state index in [0.717, 1.165) is 29.1 Å². The molecule has 110 valence electrons. The highest BCUT2D eigenvalue weighted by Crippen LogP contribution is 2.17. The summed E-state index contributed by atoms with van der Waals surface area (Å²) < 4.78 is 0.879. The molecule has 3 nitrogen and oxygen atoms in total. The van der Waals surface area contributed by atoms with E-state index in [4.69, 9.17) is 0 Å². The van der Waals surface area contributed by atoms with Crippen LogP contribution < -0.4 is 5.32 Å². The second kappa shape index (κ2) is 7.05. The molecule has 0 unspecified atom stereocenters. The second-order valence-corrected chi connectivity index (χ2v) is 6.30. The van der Waals surface area contributed by atoms with Crippen LogP contribution in [0.3, 0.4) is 0 Å². The Morgan fingerprint density at radius 1 is 1.10 bits per heavy atom. The molecule has 1 aromatic heterocycles. The van der Waals surface area contributed by atoms with Crippen LogP contribution in [0, 0.1) is 0 Å². The molecule has 1 N–H and O–H groups in total. The Kier molecular flexibility index (Phi) is 4.88. The highest BCUT2D eigenvalue weighted by Gasteiger charge is 2.11. The minimum atomic E-state index is 0.743. The van der Waals surface area contributed by atoms with E-state index in [1.165, 1.54) is 31.5 Å². The first-order chi connectivity index (χ1) is 10.3. The predicted octanol–water partition coefficient (Wildman–Crippen LogP) is 4.05. The smallest absolute Gasteiger partial charge is 0.106 e. The fourth-order valence-electron chi connectivity index (χ4n) is 2.72. The van der Waals surface area contributed by atoms with Gasteiger partial charge >= 0.3 is 0 Å². The Labute approximate surface area is 134 Å². The van der Waals surface area contributed by atoms with E-state index in [0.29, 0.717) is 0 Å². The molecule has 1 aliphatic rings. The van der Waals surface area contributed by atoms with Gasteiger partial charge in [-0.15, -0.1) is 0 Å². The van der Waals surface area contributed by atoms with Crippen LogP contribution in [0.1, 0.15) is 24.1 Å². The van der Waals surface area contributed by atoms with Crippen LogP contribution in [-0.4, -0.2) is 23.0 Å². The molecule has 0 radical (unpaired) electrons. The molecule has 0 amide bonds. The summed E-state index contributed by atoms with van der Waals surface area (Å²) in [4.78, 5) is 6.96. The van der Waals surface area contributed by atoms with Gasteiger partial charge < -0.3 is 5.32 Å². The van der Waals surface area contributed by atoms with Crippen molar-refractivity contribution in [1.29, 1.82) is 0 Å². The summed E-state index contributed by atoms with van der Waals surface area (Å²) in [6.45, 7) is 4.27. The summed E-state index contributed by atoms with van der Waals surface area (Å²) in [5, 5.41) is 3.45. The molecule has 1 aliphatic heterocycles. The van der Waals surface area contributed by atoms with Crippen LogP contribution >= 0.6 is 15.9 Å². The lowest BCUT2D eigenvalue weighted by Gasteiger charge is -2.15. The third kappa shape index (κ3) is 4.29. The maximum Gasteiger partial charge on any atom is 0.106 e. The molecular formula is C17H20BrN3. The van der Waals surface area contributed by atoms with Crippen molar-refractivity contribution in [3.8, 4) is 0 Å². The molecule has 0 bridgehead atoms. The van der Waals surface area contributed by atoms with Crippen molar-refractivity contribution in [2.75, 3.05) is 18.4 Å². The summed E-state index contributed by atoms with van der Waals surface area (Å²) >= 11 is 3.40. The summed E-state index contributed by atoms with van der Waals surface area (Å²) in [6.07, 6.45) is 2.68. The van der Waals surface area contributed by atoms with E-state index >= 15 is 0 Å². The minimum absolute atomic E-state index is 0.743. The van der Waals surface area contributed by atoms with E-state index in [1.807, 2.05) is 18.2 Å². The molecular weight excluding hydrogens is 326 g/mol. The SMILES string of the molecule is Brc1cccc(CNc2cccc(CN3CCCC3)c2)n1. The van der Waals surface area contributed by atoms with Crippen molar-refractivity contribution in [2.45, 2.75) is 25.9 Å². The molecule has 0 saturated carbocycles. The van der Waals surface area contributed by atoms with Gasteiger partial charge in [0.2, 0.25) is 0 Å². The van der Waals surface area contributed by atoms with E-state index in [-0.39, 0.29) is 0 Å². The van der Waals surface area contributed by atoms with Crippen LogP contribution in [0.2, 0.25) is 0 Å². The monoisotopic (exact) mass is 345 g/mol. The highest BCUT2D eigenvalue weighted by atomic mass is 79.9. The number of rotatable bonds is 5. The number of nitrogens with zero attached hydrogens (tertiary/aromatic N) is 2. The number of likely N-dealkylation sites (tertiary alicyclic amines) is 1. The Hall–Kier alpha value is -1.39. The van der Waals surface area contributed by atoms with Gasteiger partial charge in [0.05, 0.1) is 12.2 Å². The van der Waals surface area contributed by atoms with Crippen molar-refractivity contribution < 1.29 is 0 Å². The van der Waals surface area contributed by atoms with Crippen molar-refractivity contribution in [3.63, 3.8) is 0 Å². The van der Waals surface area contributed by atoms with Gasteiger partial charge in [-0.2, -0.15) is 0 Å². The first-order valence-corrected chi connectivity index (χ1v) is 8.25. The van der Waals surface area contributed by atoms with E-state index in [2.05, 4.69) is 55.4 Å². The number of hydrogen-bond acceptors (Lipinski definition) is 3. The van der Waals surface area contributed by atoms with Gasteiger partial charge in [0, 0.05) is 12.2 Å². The normalized spacial score (nSPS) is 15.3. The van der Waals surface area contributed by atoms with Gasteiger partial charge in [-0.1, -0.05) is 18.2 Å². The standard InChI is InChI=1S/C17H20BrN3/c18-17-8-4-7-16(20-17)12-19-15-6-3-5-14(11-15)13-21-9-1-2-10-21/h3-8,11,19H,1-2,9-10,12-13H2. The number of anilines is 1. The van der Waals surface area contributed by atoms with Gasteiger partial charge in [-0.3, -0.25) is 4.90 Å². The lowest BCUT2D eigenvalue weighted by Crippen LogP contribution is -2.18. The van der Waals surface area contributed by atoms with Crippen molar-refractivity contribution >= 4 is 21.6 Å². The molecule has 1 saturated heterocycles. The zero-order valence-corrected chi connectivity index (χ0v) is 13.6. The summed E-state index contributed by atoms with van der Waals surface area (Å²) in [7, 11) is 0. The Morgan fingerprint density at radius 2 is 1.90 bits per heavy atom. The average Bonchev–Trinajstić information content (AvgIpc) is 2.99. The largest absolute Gasteiger partial charge is 0.379 e. The first kappa shape index (κ1) is 14.5. The summed E-state index contributed by atoms with van der Waals surface area (Å²) in [5.41, 5.74) is 3.58. The van der Waals surface area contributed by atoms with E-state index < -0.39 is 0 Å². The number of nitrogens with one attached hydrogen (secondary N) is 1. The Bertz CT molecular complexity index is 594. The van der Waals surface area contributed by atoms with Crippen molar-refractivity contribution in [2.24, 2.45) is 0 Å². The first-order valence-electron chi connectivity index (χ1n) is 7.46. The third-order valence-corrected chi connectivity index (χ3v) is 4.22. The number of halogens is 1. The number of pyridine rings is 1. The maximum absolute atomic E-state index is 4.44. The number of benzene rings is 1. The second-order valence-electron chi connectivity index (χ2n) is 5.49. The molecule has 0 atom stereocenters. The van der Waals surface area contributed by atoms with Gasteiger partial charge in [-0.05, 0) is 71.7 Å². The highest BCUT2D eigenvalue weighted by molar-refractivity contribution is 9.10. The fraction of sp³-hybridized carbons (Fsp3) is 0.353. The van der Waals surface area contributed by atoms with Gasteiger partial charge in [0.25, 0.3) is 0 Å². The van der Waals surface area contributed by atoms with Crippen molar-refractivity contribution in [3.05, 3.63) is 58.3 Å². The Morgan fingerprint density at radius 3 is 2.71 bits per heavy atom. The number of hydrogen-bond donors (Lipinski definition) is 1. The van der Waals surface area contributed by atoms with Crippen LogP contribution in [-0.2, 0) is 13.1 Å². The molecule has 4 heteroatoms. The number of aromatic nitrogens is 1. The quantitative estimate of drug-likeness (QED) is 0.828. The van der Waals surface area contributed by atoms with Gasteiger partial charge in [0.1, 0.15) is 4.60 Å². The molecule has 3 rings (SSSR count). The average molecular weight is 346 g/mol. The maximum atomic E-state index is 4.44. The zero-order chi connectivity index (χ0) is 14.5. The fourth-order valence-corrected chi connectivity index (χ4v) is 3.10. The van der Waals surface area contributed by atoms with E-state index in [9.17, 15) is 0 Å². The molecule has 0 aliphatic carbocycles. The van der Waals surface area contributed by atoms with Gasteiger partial charge in [-0.25, -0.2) is 4.98 Å². The van der Waals surface area contributed by atoms with Crippen LogP contribution in [0.4, 0.5) is 5.69 Å². The molecule has 0 spiro atoms. The predicted molar refractivity (Wildman–Crippen MR) is 90.2 cm³/mol. The molecule has 1 fully saturated rings. The van der Waals surface area contributed by atoms with Crippen LogP contribution in [0.5, 0.6) is 0 Å². The van der Waals surface area contributed by atoms with Crippen LogP contribution in [0.15, 0.2) is 47.1 Å². The molecule has 2 aromatic rings. The lowest BCUT2D eigenvalue weighted by atomic mass is 10.2. The summed E-state index contributed by atoms with van der Waals surface area (Å²) in [5.74, 6) is 0. The molecule has 21 heavy (non-hydrogen) atoms. The lowest BCUT2D eigenvalue weighted by molar-refractivity contribution is 0.331.